The fourth-order valence-corrected chi connectivity index (χ4v) is 3.33. The molecule has 27 heavy (non-hydrogen) atoms. The van der Waals surface area contributed by atoms with E-state index in [-0.39, 0.29) is 18.3 Å². The van der Waals surface area contributed by atoms with Crippen molar-refractivity contribution in [3.63, 3.8) is 0 Å². The highest BCUT2D eigenvalue weighted by atomic mass is 16.7. The highest BCUT2D eigenvalue weighted by molar-refractivity contribution is 5.89. The number of cyclic esters (lactones) is 1. The molecule has 2 fully saturated rings. The smallest absolute Gasteiger partial charge is 0.443 e. The Kier molecular flexibility index (Phi) is 6.14. The van der Waals surface area contributed by atoms with Crippen LogP contribution in [-0.4, -0.2) is 62.1 Å². The molecule has 0 unspecified atom stereocenters. The first-order chi connectivity index (χ1) is 13.1. The quantitative estimate of drug-likeness (QED) is 0.732. The number of amides is 1. The molecule has 2 aliphatic rings. The van der Waals surface area contributed by atoms with Crippen molar-refractivity contribution in [2.24, 2.45) is 0 Å². The number of ether oxygens (including phenoxy) is 3. The van der Waals surface area contributed by atoms with Gasteiger partial charge in [-0.25, -0.2) is 9.59 Å². The molecule has 0 saturated carbocycles. The van der Waals surface area contributed by atoms with Crippen molar-refractivity contribution in [2.45, 2.75) is 32.0 Å². The molecule has 1 aromatic carbocycles. The largest absolute Gasteiger partial charge is 0.508 e. The van der Waals surface area contributed by atoms with Crippen molar-refractivity contribution < 1.29 is 23.8 Å². The second-order valence-corrected chi connectivity index (χ2v) is 6.58. The van der Waals surface area contributed by atoms with Gasteiger partial charge in [0.2, 0.25) is 0 Å². The standard InChI is InChI=1S/C19H23N3O5/c1-2-25-19(24)27-16-7-9-21(10-8-16)12-17-13-22(18(23)26-17)15-5-3-14(11-20)4-6-15/h3-6,16-17H,2,7-10,12-13H2,1H3/t17-/m0/s1. The van der Waals surface area contributed by atoms with Crippen molar-refractivity contribution >= 4 is 17.9 Å². The summed E-state index contributed by atoms with van der Waals surface area (Å²) in [6.45, 7) is 4.72. The average molecular weight is 373 g/mol. The van der Waals surface area contributed by atoms with E-state index in [1.54, 1.807) is 36.1 Å². The van der Waals surface area contributed by atoms with Gasteiger partial charge in [-0.3, -0.25) is 9.80 Å². The predicted octanol–water partition coefficient (Wildman–Crippen LogP) is 2.52. The average Bonchev–Trinajstić information content (AvgIpc) is 3.04. The van der Waals surface area contributed by atoms with Gasteiger partial charge in [0.1, 0.15) is 12.2 Å². The Bertz CT molecular complexity index is 707. The number of benzene rings is 1. The minimum Gasteiger partial charge on any atom is -0.443 e. The van der Waals surface area contributed by atoms with Gasteiger partial charge in [0.25, 0.3) is 0 Å². The lowest BCUT2D eigenvalue weighted by molar-refractivity contribution is -0.00295. The summed E-state index contributed by atoms with van der Waals surface area (Å²) in [5.41, 5.74) is 1.28. The Morgan fingerprint density at radius 2 is 2.00 bits per heavy atom. The first-order valence-corrected chi connectivity index (χ1v) is 9.13. The summed E-state index contributed by atoms with van der Waals surface area (Å²) in [6.07, 6.45) is 0.152. The first kappa shape index (κ1) is 19.0. The van der Waals surface area contributed by atoms with Crippen molar-refractivity contribution in [2.75, 3.05) is 37.7 Å². The molecule has 1 atom stereocenters. The number of rotatable bonds is 5. The molecule has 2 saturated heterocycles. The molecule has 8 nitrogen and oxygen atoms in total. The van der Waals surface area contributed by atoms with E-state index in [1.807, 2.05) is 0 Å². The van der Waals surface area contributed by atoms with Crippen LogP contribution in [0.3, 0.4) is 0 Å². The molecule has 0 aliphatic carbocycles. The molecule has 1 aromatic rings. The zero-order valence-corrected chi connectivity index (χ0v) is 15.3. The summed E-state index contributed by atoms with van der Waals surface area (Å²) in [5.74, 6) is 0. The summed E-state index contributed by atoms with van der Waals surface area (Å²) >= 11 is 0. The SMILES string of the molecule is CCOC(=O)OC1CCN(C[C@H]2CN(c3ccc(C#N)cc3)C(=O)O2)CC1. The van der Waals surface area contributed by atoms with E-state index >= 15 is 0 Å². The van der Waals surface area contributed by atoms with E-state index in [9.17, 15) is 9.59 Å². The second-order valence-electron chi connectivity index (χ2n) is 6.58. The maximum Gasteiger partial charge on any atom is 0.508 e. The van der Waals surface area contributed by atoms with Crippen LogP contribution in [-0.2, 0) is 14.2 Å². The predicted molar refractivity (Wildman–Crippen MR) is 96.3 cm³/mol. The molecule has 1 amide bonds. The highest BCUT2D eigenvalue weighted by Crippen LogP contribution is 2.23. The van der Waals surface area contributed by atoms with E-state index < -0.39 is 6.16 Å². The minimum atomic E-state index is -0.612. The summed E-state index contributed by atoms with van der Waals surface area (Å²) in [5, 5.41) is 8.87. The number of likely N-dealkylation sites (tertiary alicyclic amines) is 1. The normalized spacial score (nSPS) is 20.8. The lowest BCUT2D eigenvalue weighted by Gasteiger charge is -2.32. The number of anilines is 1. The lowest BCUT2D eigenvalue weighted by atomic mass is 10.1. The van der Waals surface area contributed by atoms with Gasteiger partial charge in [0.15, 0.2) is 0 Å². The Balaban J connectivity index is 1.46. The molecule has 144 valence electrons. The van der Waals surface area contributed by atoms with Gasteiger partial charge in [0.05, 0.1) is 24.8 Å². The maximum absolute atomic E-state index is 12.2. The van der Waals surface area contributed by atoms with Gasteiger partial charge in [-0.15, -0.1) is 0 Å². The van der Waals surface area contributed by atoms with Crippen LogP contribution in [0, 0.1) is 11.3 Å². The summed E-state index contributed by atoms with van der Waals surface area (Å²) in [7, 11) is 0. The Morgan fingerprint density at radius 1 is 1.30 bits per heavy atom. The summed E-state index contributed by atoms with van der Waals surface area (Å²) in [4.78, 5) is 27.3. The lowest BCUT2D eigenvalue weighted by Crippen LogP contribution is -2.42. The zero-order valence-electron chi connectivity index (χ0n) is 15.3. The van der Waals surface area contributed by atoms with E-state index in [4.69, 9.17) is 19.5 Å². The van der Waals surface area contributed by atoms with Crippen molar-refractivity contribution in [1.82, 2.24) is 4.90 Å². The number of carbonyl (C=O) groups is 2. The van der Waals surface area contributed by atoms with Gasteiger partial charge in [0, 0.05) is 25.3 Å². The van der Waals surface area contributed by atoms with Gasteiger partial charge >= 0.3 is 12.2 Å². The molecule has 0 radical (unpaired) electrons. The number of hydrogen-bond acceptors (Lipinski definition) is 7. The summed E-state index contributed by atoms with van der Waals surface area (Å²) in [6, 6.07) is 8.93. The van der Waals surface area contributed by atoms with Crippen LogP contribution in [0.5, 0.6) is 0 Å². The molecule has 0 N–H and O–H groups in total. The number of hydrogen-bond donors (Lipinski definition) is 0. The van der Waals surface area contributed by atoms with Crippen LogP contribution in [0.2, 0.25) is 0 Å². The van der Waals surface area contributed by atoms with Gasteiger partial charge in [-0.1, -0.05) is 0 Å². The molecule has 0 bridgehead atoms. The molecule has 0 spiro atoms. The molecule has 8 heteroatoms. The molecular weight excluding hydrogens is 350 g/mol. The van der Waals surface area contributed by atoms with Crippen LogP contribution in [0.4, 0.5) is 15.3 Å². The first-order valence-electron chi connectivity index (χ1n) is 9.13. The van der Waals surface area contributed by atoms with E-state index in [2.05, 4.69) is 11.0 Å². The molecular formula is C19H23N3O5. The number of carbonyl (C=O) groups excluding carboxylic acids is 2. The molecule has 2 heterocycles. The van der Waals surface area contributed by atoms with Crippen LogP contribution in [0.15, 0.2) is 24.3 Å². The Hall–Kier alpha value is -2.79. The van der Waals surface area contributed by atoms with Gasteiger partial charge in [-0.2, -0.15) is 5.26 Å². The maximum atomic E-state index is 12.2. The van der Waals surface area contributed by atoms with Crippen molar-refractivity contribution in [3.8, 4) is 6.07 Å². The van der Waals surface area contributed by atoms with Crippen LogP contribution < -0.4 is 4.90 Å². The second kappa shape index (κ2) is 8.73. The van der Waals surface area contributed by atoms with Crippen molar-refractivity contribution in [1.29, 1.82) is 5.26 Å². The fourth-order valence-electron chi connectivity index (χ4n) is 3.33. The van der Waals surface area contributed by atoms with Crippen LogP contribution >= 0.6 is 0 Å². The van der Waals surface area contributed by atoms with Gasteiger partial charge in [-0.05, 0) is 44.0 Å². The van der Waals surface area contributed by atoms with Crippen LogP contribution in [0.25, 0.3) is 0 Å². The van der Waals surface area contributed by atoms with Gasteiger partial charge < -0.3 is 14.2 Å². The van der Waals surface area contributed by atoms with E-state index in [1.165, 1.54) is 0 Å². The zero-order chi connectivity index (χ0) is 19.2. The third kappa shape index (κ3) is 4.89. The molecule has 0 aromatic heterocycles. The molecule has 3 rings (SSSR count). The fraction of sp³-hybridized carbons (Fsp3) is 0.526. The monoisotopic (exact) mass is 373 g/mol. The number of nitriles is 1. The Morgan fingerprint density at radius 3 is 2.63 bits per heavy atom. The summed E-state index contributed by atoms with van der Waals surface area (Å²) < 4.78 is 15.5. The third-order valence-electron chi connectivity index (χ3n) is 4.70. The van der Waals surface area contributed by atoms with E-state index in [0.29, 0.717) is 25.3 Å². The highest BCUT2D eigenvalue weighted by Gasteiger charge is 2.34. The van der Waals surface area contributed by atoms with Crippen molar-refractivity contribution in [3.05, 3.63) is 29.8 Å². The topological polar surface area (TPSA) is 92.1 Å². The number of piperidine rings is 1. The third-order valence-corrected chi connectivity index (χ3v) is 4.70. The minimum absolute atomic E-state index is 0.124. The molecule has 2 aliphatic heterocycles. The number of nitrogens with zero attached hydrogens (tertiary/aromatic N) is 3. The van der Waals surface area contributed by atoms with Crippen LogP contribution in [0.1, 0.15) is 25.3 Å². The Labute approximate surface area is 158 Å². The van der Waals surface area contributed by atoms with E-state index in [0.717, 1.165) is 31.6 Å².